The van der Waals surface area contributed by atoms with E-state index in [0.29, 0.717) is 22.2 Å². The van der Waals surface area contributed by atoms with Gasteiger partial charge in [-0.3, -0.25) is 4.79 Å². The van der Waals surface area contributed by atoms with Crippen LogP contribution in [-0.2, 0) is 4.79 Å². The lowest BCUT2D eigenvalue weighted by atomic mass is 10.2. The fourth-order valence-electron chi connectivity index (χ4n) is 1.80. The molecule has 0 saturated carbocycles. The van der Waals surface area contributed by atoms with Crippen molar-refractivity contribution in [1.82, 2.24) is 0 Å². The number of amides is 1. The fraction of sp³-hybridized carbons (Fsp3) is 0.188. The summed E-state index contributed by atoms with van der Waals surface area (Å²) in [6.07, 6.45) is -0.749. The third kappa shape index (κ3) is 3.84. The van der Waals surface area contributed by atoms with Crippen LogP contribution in [0.2, 0.25) is 10.0 Å². The Kier molecular flexibility index (Phi) is 5.52. The number of nitrogens with one attached hydrogen (secondary N) is 1. The van der Waals surface area contributed by atoms with Crippen molar-refractivity contribution < 1.29 is 14.3 Å². The van der Waals surface area contributed by atoms with Crippen molar-refractivity contribution in [2.45, 2.75) is 13.0 Å². The van der Waals surface area contributed by atoms with Crippen LogP contribution in [-0.4, -0.2) is 19.1 Å². The normalized spacial score (nSPS) is 11.6. The molecule has 0 bridgehead atoms. The van der Waals surface area contributed by atoms with Gasteiger partial charge in [0.25, 0.3) is 5.91 Å². The van der Waals surface area contributed by atoms with Gasteiger partial charge in [0, 0.05) is 0 Å². The van der Waals surface area contributed by atoms with Gasteiger partial charge in [-0.15, -0.1) is 0 Å². The zero-order chi connectivity index (χ0) is 16.1. The van der Waals surface area contributed by atoms with E-state index in [9.17, 15) is 4.79 Å². The predicted octanol–water partition coefficient (Wildman–Crippen LogP) is 4.41. The lowest BCUT2D eigenvalue weighted by Gasteiger charge is -2.17. The highest BCUT2D eigenvalue weighted by Crippen LogP contribution is 2.32. The highest BCUT2D eigenvalue weighted by Gasteiger charge is 2.18. The highest BCUT2D eigenvalue weighted by atomic mass is 35.5. The Bertz CT molecular complexity index is 676. The second-order valence-electron chi connectivity index (χ2n) is 4.50. The van der Waals surface area contributed by atoms with Gasteiger partial charge in [0.15, 0.2) is 6.10 Å². The summed E-state index contributed by atoms with van der Waals surface area (Å²) in [5.41, 5.74) is 0.572. The molecule has 0 aliphatic heterocycles. The van der Waals surface area contributed by atoms with Crippen LogP contribution in [0.15, 0.2) is 42.5 Å². The summed E-state index contributed by atoms with van der Waals surface area (Å²) in [4.78, 5) is 12.2. The number of hydrogen-bond acceptors (Lipinski definition) is 3. The zero-order valence-electron chi connectivity index (χ0n) is 12.1. The first-order chi connectivity index (χ1) is 10.5. The molecule has 0 aliphatic carbocycles. The van der Waals surface area contributed by atoms with Crippen molar-refractivity contribution in [3.05, 3.63) is 52.5 Å². The van der Waals surface area contributed by atoms with E-state index in [-0.39, 0.29) is 10.9 Å². The van der Waals surface area contributed by atoms with E-state index in [1.165, 1.54) is 7.11 Å². The summed E-state index contributed by atoms with van der Waals surface area (Å²) in [6, 6.07) is 12.1. The van der Waals surface area contributed by atoms with Crippen LogP contribution in [0.4, 0.5) is 5.69 Å². The number of para-hydroxylation sites is 2. The molecule has 6 heteroatoms. The minimum absolute atomic E-state index is 0.279. The summed E-state index contributed by atoms with van der Waals surface area (Å²) < 4.78 is 10.7. The van der Waals surface area contributed by atoms with Gasteiger partial charge in [-0.1, -0.05) is 41.4 Å². The second-order valence-corrected chi connectivity index (χ2v) is 5.29. The minimum Gasteiger partial charge on any atom is -0.495 e. The Balaban J connectivity index is 2.08. The van der Waals surface area contributed by atoms with E-state index >= 15 is 0 Å². The molecule has 2 rings (SSSR count). The first-order valence-electron chi connectivity index (χ1n) is 6.57. The molecule has 2 aromatic carbocycles. The van der Waals surface area contributed by atoms with Crippen LogP contribution < -0.4 is 14.8 Å². The van der Waals surface area contributed by atoms with Crippen LogP contribution in [0.25, 0.3) is 0 Å². The maximum atomic E-state index is 12.2. The predicted molar refractivity (Wildman–Crippen MR) is 88.2 cm³/mol. The third-order valence-corrected chi connectivity index (χ3v) is 3.76. The monoisotopic (exact) mass is 339 g/mol. The van der Waals surface area contributed by atoms with E-state index in [4.69, 9.17) is 32.7 Å². The maximum Gasteiger partial charge on any atom is 0.265 e. The number of ether oxygens (including phenoxy) is 2. The van der Waals surface area contributed by atoms with Crippen molar-refractivity contribution in [2.24, 2.45) is 0 Å². The van der Waals surface area contributed by atoms with Crippen LogP contribution in [0, 0.1) is 0 Å². The molecular weight excluding hydrogens is 325 g/mol. The summed E-state index contributed by atoms with van der Waals surface area (Å²) in [6.45, 7) is 1.63. The Labute approximate surface area is 138 Å². The number of benzene rings is 2. The molecule has 0 radical (unpaired) electrons. The number of halogens is 2. The molecule has 1 unspecified atom stereocenters. The molecule has 4 nitrogen and oxygen atoms in total. The summed E-state index contributed by atoms with van der Waals surface area (Å²) in [5.74, 6) is 0.612. The quantitative estimate of drug-likeness (QED) is 0.877. The number of rotatable bonds is 5. The van der Waals surface area contributed by atoms with Crippen LogP contribution >= 0.6 is 23.2 Å². The lowest BCUT2D eigenvalue weighted by molar-refractivity contribution is -0.122. The highest BCUT2D eigenvalue weighted by molar-refractivity contribution is 6.42. The van der Waals surface area contributed by atoms with Crippen molar-refractivity contribution in [3.8, 4) is 11.5 Å². The number of methoxy groups -OCH3 is 1. The smallest absolute Gasteiger partial charge is 0.265 e. The first kappa shape index (κ1) is 16.5. The van der Waals surface area contributed by atoms with Crippen LogP contribution in [0.1, 0.15) is 6.92 Å². The minimum atomic E-state index is -0.749. The summed E-state index contributed by atoms with van der Waals surface area (Å²) in [7, 11) is 1.54. The van der Waals surface area contributed by atoms with Gasteiger partial charge >= 0.3 is 0 Å². The van der Waals surface area contributed by atoms with E-state index in [2.05, 4.69) is 5.32 Å². The standard InChI is InChI=1S/C16H15Cl2NO3/c1-10(22-14-9-5-6-11(17)15(14)18)16(20)19-12-7-3-4-8-13(12)21-2/h3-10H,1-2H3,(H,19,20). The largest absolute Gasteiger partial charge is 0.495 e. The van der Waals surface area contributed by atoms with Gasteiger partial charge in [0.05, 0.1) is 17.8 Å². The number of carbonyl (C=O) groups excluding carboxylic acids is 1. The molecule has 0 fully saturated rings. The molecule has 2 aromatic rings. The Morgan fingerprint density at radius 2 is 1.77 bits per heavy atom. The molecule has 1 atom stereocenters. The fourth-order valence-corrected chi connectivity index (χ4v) is 2.14. The van der Waals surface area contributed by atoms with E-state index in [0.717, 1.165) is 0 Å². The molecule has 0 aromatic heterocycles. The number of hydrogen-bond donors (Lipinski definition) is 1. The molecule has 0 aliphatic rings. The Hall–Kier alpha value is -1.91. The number of carbonyl (C=O) groups is 1. The Morgan fingerprint density at radius 3 is 2.50 bits per heavy atom. The first-order valence-corrected chi connectivity index (χ1v) is 7.33. The second kappa shape index (κ2) is 7.38. The van der Waals surface area contributed by atoms with E-state index in [1.807, 2.05) is 6.07 Å². The Morgan fingerprint density at radius 1 is 1.09 bits per heavy atom. The van der Waals surface area contributed by atoms with Crippen LogP contribution in [0.3, 0.4) is 0 Å². The third-order valence-electron chi connectivity index (χ3n) is 2.95. The molecule has 0 heterocycles. The molecule has 0 saturated heterocycles. The molecule has 22 heavy (non-hydrogen) atoms. The summed E-state index contributed by atoms with van der Waals surface area (Å²) >= 11 is 12.0. The van der Waals surface area contributed by atoms with E-state index < -0.39 is 6.10 Å². The van der Waals surface area contributed by atoms with Gasteiger partial charge in [-0.05, 0) is 31.2 Å². The lowest BCUT2D eigenvalue weighted by Crippen LogP contribution is -2.30. The van der Waals surface area contributed by atoms with Crippen molar-refractivity contribution in [1.29, 1.82) is 0 Å². The molecule has 1 amide bonds. The van der Waals surface area contributed by atoms with Gasteiger partial charge in [-0.25, -0.2) is 0 Å². The average molecular weight is 340 g/mol. The summed E-state index contributed by atoms with van der Waals surface area (Å²) in [5, 5.41) is 3.40. The van der Waals surface area contributed by atoms with E-state index in [1.54, 1.807) is 43.3 Å². The van der Waals surface area contributed by atoms with Crippen molar-refractivity contribution in [3.63, 3.8) is 0 Å². The van der Waals surface area contributed by atoms with Crippen molar-refractivity contribution >= 4 is 34.8 Å². The van der Waals surface area contributed by atoms with Gasteiger partial charge in [0.1, 0.15) is 16.5 Å². The topological polar surface area (TPSA) is 47.6 Å². The molecular formula is C16H15Cl2NO3. The van der Waals surface area contributed by atoms with Gasteiger partial charge in [-0.2, -0.15) is 0 Å². The number of anilines is 1. The molecule has 1 N–H and O–H groups in total. The zero-order valence-corrected chi connectivity index (χ0v) is 13.6. The van der Waals surface area contributed by atoms with Gasteiger partial charge < -0.3 is 14.8 Å². The maximum absolute atomic E-state index is 12.2. The SMILES string of the molecule is COc1ccccc1NC(=O)C(C)Oc1cccc(Cl)c1Cl. The molecule has 0 spiro atoms. The van der Waals surface area contributed by atoms with Crippen molar-refractivity contribution in [2.75, 3.05) is 12.4 Å². The average Bonchev–Trinajstić information content (AvgIpc) is 2.52. The van der Waals surface area contributed by atoms with Crippen LogP contribution in [0.5, 0.6) is 11.5 Å². The van der Waals surface area contributed by atoms with Gasteiger partial charge in [0.2, 0.25) is 0 Å². The molecule has 116 valence electrons.